The summed E-state index contributed by atoms with van der Waals surface area (Å²) < 4.78 is 35.0. The third kappa shape index (κ3) is 40.2. The van der Waals surface area contributed by atoms with Crippen molar-refractivity contribution in [2.75, 3.05) is 54.1 Å². The van der Waals surface area contributed by atoms with Gasteiger partial charge in [0.05, 0.1) is 34.4 Å². The lowest BCUT2D eigenvalue weighted by molar-refractivity contribution is -0.870. The Bertz CT molecular complexity index is 889. The minimum atomic E-state index is -4.27. The third-order valence-electron chi connectivity index (χ3n) is 9.25. The third-order valence-corrected chi connectivity index (χ3v) is 10.2. The van der Waals surface area contributed by atoms with E-state index in [1.807, 2.05) is 21.1 Å². The zero-order valence-corrected chi connectivity index (χ0v) is 35.7. The first-order valence-electron chi connectivity index (χ1n) is 21.6. The van der Waals surface area contributed by atoms with Crippen molar-refractivity contribution in [2.45, 2.75) is 193 Å². The second kappa shape index (κ2) is 36.9. The van der Waals surface area contributed by atoms with Crippen LogP contribution in [0.2, 0.25) is 0 Å². The van der Waals surface area contributed by atoms with Crippen LogP contribution in [0.3, 0.4) is 0 Å². The summed E-state index contributed by atoms with van der Waals surface area (Å²) in [5.41, 5.74) is 0. The Morgan fingerprint density at radius 1 is 0.596 bits per heavy atom. The molecule has 1 N–H and O–H groups in total. The van der Waals surface area contributed by atoms with Gasteiger partial charge in [0.2, 0.25) is 0 Å². The highest BCUT2D eigenvalue weighted by molar-refractivity contribution is 7.47. The number of hydrogen-bond acceptors (Lipinski definition) is 6. The van der Waals surface area contributed by atoms with Crippen LogP contribution in [-0.4, -0.2) is 75.6 Å². The van der Waals surface area contributed by atoms with E-state index >= 15 is 0 Å². The largest absolute Gasteiger partial charge is 0.472 e. The van der Waals surface area contributed by atoms with E-state index < -0.39 is 13.9 Å². The smallest absolute Gasteiger partial charge is 0.457 e. The summed E-state index contributed by atoms with van der Waals surface area (Å²) in [6.45, 7) is 5.56. The molecule has 2 unspecified atom stereocenters. The standard InChI is InChI=1S/C43H84NO7P/c1-6-8-10-12-14-16-18-20-21-22-23-25-27-29-31-33-35-38-48-40-42(41-50-52(46,47)49-39-37-44(3,4)5)51-43(45)36-34-32-30-28-26-24-19-17-15-13-11-9-7-2/h11,13,17,19,42H,6-10,12,14-16,18,20-41H2,1-5H3/p+1/b13-11-,19-17-. The van der Waals surface area contributed by atoms with Gasteiger partial charge in [-0.3, -0.25) is 13.8 Å². The Morgan fingerprint density at radius 2 is 1.10 bits per heavy atom. The van der Waals surface area contributed by atoms with Gasteiger partial charge in [-0.25, -0.2) is 4.57 Å². The fourth-order valence-electron chi connectivity index (χ4n) is 5.88. The molecule has 0 saturated heterocycles. The Morgan fingerprint density at radius 3 is 1.63 bits per heavy atom. The Kier molecular flexibility index (Phi) is 36.2. The number of likely N-dealkylation sites (N-methyl/N-ethyl adjacent to an activating group) is 1. The molecule has 0 radical (unpaired) electrons. The molecule has 0 spiro atoms. The van der Waals surface area contributed by atoms with Crippen molar-refractivity contribution in [3.05, 3.63) is 24.3 Å². The maximum absolute atomic E-state index is 12.6. The summed E-state index contributed by atoms with van der Waals surface area (Å²) in [6, 6.07) is 0. The summed E-state index contributed by atoms with van der Waals surface area (Å²) >= 11 is 0. The number of hydrogen-bond donors (Lipinski definition) is 1. The van der Waals surface area contributed by atoms with Crippen molar-refractivity contribution >= 4 is 13.8 Å². The molecule has 0 aromatic heterocycles. The number of ether oxygens (including phenoxy) is 2. The molecule has 52 heavy (non-hydrogen) atoms. The molecule has 0 aliphatic heterocycles. The van der Waals surface area contributed by atoms with Crippen LogP contribution >= 0.6 is 7.82 Å². The molecule has 0 bridgehead atoms. The van der Waals surface area contributed by atoms with Crippen LogP contribution in [0.25, 0.3) is 0 Å². The first-order valence-corrected chi connectivity index (χ1v) is 23.1. The molecule has 0 saturated carbocycles. The van der Waals surface area contributed by atoms with Gasteiger partial charge in [-0.05, 0) is 38.5 Å². The minimum absolute atomic E-state index is 0.0875. The molecule has 308 valence electrons. The molecular formula is C43H85NO7P+. The van der Waals surface area contributed by atoms with E-state index in [0.717, 1.165) is 64.2 Å². The summed E-state index contributed by atoms with van der Waals surface area (Å²) in [5.74, 6) is -0.326. The van der Waals surface area contributed by atoms with Gasteiger partial charge in [-0.15, -0.1) is 0 Å². The molecule has 2 atom stereocenters. The van der Waals surface area contributed by atoms with Crippen molar-refractivity contribution < 1.29 is 37.3 Å². The van der Waals surface area contributed by atoms with E-state index in [0.29, 0.717) is 24.1 Å². The minimum Gasteiger partial charge on any atom is -0.457 e. The lowest BCUT2D eigenvalue weighted by atomic mass is 10.0. The first-order chi connectivity index (χ1) is 25.1. The number of phosphoric acid groups is 1. The summed E-state index contributed by atoms with van der Waals surface area (Å²) in [4.78, 5) is 22.8. The number of nitrogens with zero attached hydrogens (tertiary/aromatic N) is 1. The van der Waals surface area contributed by atoms with Crippen molar-refractivity contribution in [3.8, 4) is 0 Å². The normalized spacial score (nSPS) is 14.0. The molecule has 9 heteroatoms. The highest BCUT2D eigenvalue weighted by Gasteiger charge is 2.26. The lowest BCUT2D eigenvalue weighted by Gasteiger charge is -2.24. The Balaban J connectivity index is 4.22. The number of quaternary nitrogens is 1. The SMILES string of the molecule is CCC/C=C\C/C=C\CCCCCCCC(=O)OC(COCCCCCCCCCCCCCCCCCCC)COP(=O)(O)OCC[N+](C)(C)C. The quantitative estimate of drug-likeness (QED) is 0.0219. The zero-order valence-electron chi connectivity index (χ0n) is 34.8. The van der Waals surface area contributed by atoms with Gasteiger partial charge < -0.3 is 18.9 Å². The van der Waals surface area contributed by atoms with Gasteiger partial charge in [0.25, 0.3) is 0 Å². The molecule has 0 amide bonds. The predicted molar refractivity (Wildman–Crippen MR) is 220 cm³/mol. The van der Waals surface area contributed by atoms with Gasteiger partial charge in [-0.2, -0.15) is 0 Å². The Hall–Kier alpha value is -1.02. The van der Waals surface area contributed by atoms with E-state index in [1.54, 1.807) is 0 Å². The van der Waals surface area contributed by atoms with Crippen molar-refractivity contribution in [3.63, 3.8) is 0 Å². The van der Waals surface area contributed by atoms with Gasteiger partial charge >= 0.3 is 13.8 Å². The van der Waals surface area contributed by atoms with E-state index in [4.69, 9.17) is 18.5 Å². The molecule has 0 aromatic carbocycles. The summed E-state index contributed by atoms with van der Waals surface area (Å²) in [7, 11) is 1.66. The number of phosphoric ester groups is 1. The predicted octanol–water partition coefficient (Wildman–Crippen LogP) is 12.4. The molecule has 8 nitrogen and oxygen atoms in total. The van der Waals surface area contributed by atoms with E-state index in [9.17, 15) is 14.3 Å². The number of unbranched alkanes of at least 4 members (excludes halogenated alkanes) is 22. The molecule has 0 fully saturated rings. The van der Waals surface area contributed by atoms with Crippen LogP contribution < -0.4 is 0 Å². The monoisotopic (exact) mass is 759 g/mol. The summed E-state index contributed by atoms with van der Waals surface area (Å²) in [6.07, 6.45) is 40.6. The van der Waals surface area contributed by atoms with Crippen LogP contribution in [0.15, 0.2) is 24.3 Å². The second-order valence-electron chi connectivity index (χ2n) is 15.7. The second-order valence-corrected chi connectivity index (χ2v) is 17.2. The fourth-order valence-corrected chi connectivity index (χ4v) is 6.63. The molecule has 0 aliphatic rings. The highest BCUT2D eigenvalue weighted by atomic mass is 31.2. The van der Waals surface area contributed by atoms with Crippen LogP contribution in [0.5, 0.6) is 0 Å². The van der Waals surface area contributed by atoms with Crippen molar-refractivity contribution in [2.24, 2.45) is 0 Å². The molecular weight excluding hydrogens is 673 g/mol. The zero-order chi connectivity index (χ0) is 38.4. The number of allylic oxidation sites excluding steroid dienone is 4. The van der Waals surface area contributed by atoms with Crippen LogP contribution in [0.4, 0.5) is 0 Å². The topological polar surface area (TPSA) is 91.3 Å². The van der Waals surface area contributed by atoms with E-state index in [-0.39, 0.29) is 25.8 Å². The lowest BCUT2D eigenvalue weighted by Crippen LogP contribution is -2.37. The van der Waals surface area contributed by atoms with Gasteiger partial charge in [0.1, 0.15) is 19.3 Å². The highest BCUT2D eigenvalue weighted by Crippen LogP contribution is 2.43. The summed E-state index contributed by atoms with van der Waals surface area (Å²) in [5, 5.41) is 0. The average molecular weight is 759 g/mol. The van der Waals surface area contributed by atoms with Gasteiger partial charge in [0.15, 0.2) is 0 Å². The fraction of sp³-hybridized carbons (Fsp3) is 0.884. The first kappa shape index (κ1) is 51.0. The molecule has 0 aromatic rings. The molecule has 0 rings (SSSR count). The van der Waals surface area contributed by atoms with Crippen LogP contribution in [0.1, 0.15) is 187 Å². The molecule has 0 heterocycles. The number of esters is 1. The maximum atomic E-state index is 12.6. The average Bonchev–Trinajstić information content (AvgIpc) is 3.09. The van der Waals surface area contributed by atoms with Gasteiger partial charge in [-0.1, -0.05) is 167 Å². The van der Waals surface area contributed by atoms with Crippen LogP contribution in [0, 0.1) is 0 Å². The van der Waals surface area contributed by atoms with E-state index in [2.05, 4.69) is 38.2 Å². The number of rotatable bonds is 40. The maximum Gasteiger partial charge on any atom is 0.472 e. The van der Waals surface area contributed by atoms with Crippen molar-refractivity contribution in [1.29, 1.82) is 0 Å². The van der Waals surface area contributed by atoms with Gasteiger partial charge in [0, 0.05) is 13.0 Å². The molecule has 0 aliphatic carbocycles. The number of carbonyl (C=O) groups excluding carboxylic acids is 1. The van der Waals surface area contributed by atoms with E-state index in [1.165, 1.54) is 103 Å². The van der Waals surface area contributed by atoms with Crippen molar-refractivity contribution in [1.82, 2.24) is 0 Å². The number of carbonyl (C=O) groups is 1. The Labute approximate surface area is 322 Å². The van der Waals surface area contributed by atoms with Crippen LogP contribution in [-0.2, 0) is 27.9 Å².